The molecule has 0 aliphatic rings. The monoisotopic (exact) mass is 519 g/mol. The molecule has 0 spiro atoms. The summed E-state index contributed by atoms with van der Waals surface area (Å²) >= 11 is 0. The van der Waals surface area contributed by atoms with Gasteiger partial charge in [-0.2, -0.15) is 0 Å². The fourth-order valence-electron chi connectivity index (χ4n) is 3.20. The zero-order valence-electron chi connectivity index (χ0n) is 22.4. The molecule has 0 fully saturated rings. The van der Waals surface area contributed by atoms with Crippen molar-refractivity contribution in [3.05, 3.63) is 24.3 Å². The van der Waals surface area contributed by atoms with Crippen LogP contribution in [0.5, 0.6) is 0 Å². The second kappa shape index (κ2) is 20.2. The van der Waals surface area contributed by atoms with Gasteiger partial charge >= 0.3 is 0 Å². The number of phosphoric ester groups is 1. The van der Waals surface area contributed by atoms with E-state index in [1.165, 1.54) is 25.7 Å². The number of rotatable bonds is 23. The fraction of sp³-hybridized carbons (Fsp3) is 0.808. The van der Waals surface area contributed by atoms with Crippen molar-refractivity contribution in [3.8, 4) is 0 Å². The Hall–Kier alpha value is -0.860. The van der Waals surface area contributed by atoms with Crippen molar-refractivity contribution >= 4 is 13.6 Å². The minimum Gasteiger partial charge on any atom is -0.756 e. The van der Waals surface area contributed by atoms with E-state index in [0.29, 0.717) is 17.4 Å². The van der Waals surface area contributed by atoms with Crippen molar-refractivity contribution in [3.63, 3.8) is 0 Å². The third-order valence-corrected chi connectivity index (χ3v) is 6.45. The van der Waals surface area contributed by atoms with Crippen molar-refractivity contribution in [1.82, 2.24) is 0 Å². The third kappa shape index (κ3) is 22.1. The van der Waals surface area contributed by atoms with Crippen LogP contribution in [-0.4, -0.2) is 73.6 Å². The summed E-state index contributed by atoms with van der Waals surface area (Å²) in [5.41, 5.74) is 0. The molecule has 35 heavy (non-hydrogen) atoms. The van der Waals surface area contributed by atoms with E-state index in [0.717, 1.165) is 38.5 Å². The molecule has 0 aliphatic carbocycles. The number of likely N-dealkylation sites (N-methyl/N-ethyl adjacent to an activating group) is 1. The van der Waals surface area contributed by atoms with Gasteiger partial charge in [0, 0.05) is 6.42 Å². The number of aliphatic hydroxyl groups is 2. The van der Waals surface area contributed by atoms with Crippen LogP contribution in [0.1, 0.15) is 84.0 Å². The van der Waals surface area contributed by atoms with E-state index >= 15 is 0 Å². The lowest BCUT2D eigenvalue weighted by atomic mass is 10.0. The zero-order chi connectivity index (χ0) is 26.6. The molecular formula is C26H50NO7P. The molecule has 2 unspecified atom stereocenters. The third-order valence-electron chi connectivity index (χ3n) is 5.48. The van der Waals surface area contributed by atoms with Crippen LogP contribution >= 0.6 is 7.82 Å². The highest BCUT2D eigenvalue weighted by molar-refractivity contribution is 7.45. The first-order chi connectivity index (χ1) is 16.5. The number of quaternary nitrogens is 1. The van der Waals surface area contributed by atoms with Gasteiger partial charge in [-0.1, -0.05) is 63.3 Å². The molecule has 9 heteroatoms. The number of aliphatic hydroxyl groups excluding tert-OH is 2. The molecule has 0 aromatic heterocycles. The zero-order valence-corrected chi connectivity index (χ0v) is 23.3. The normalized spacial score (nSPS) is 16.1. The number of allylic oxidation sites excluding steroid dienone is 4. The average Bonchev–Trinajstić information content (AvgIpc) is 2.78. The molecule has 0 saturated heterocycles. The predicted molar refractivity (Wildman–Crippen MR) is 139 cm³/mol. The maximum absolute atomic E-state index is 12.1. The highest BCUT2D eigenvalue weighted by Crippen LogP contribution is 2.38. The predicted octanol–water partition coefficient (Wildman–Crippen LogP) is 4.30. The van der Waals surface area contributed by atoms with Gasteiger partial charge in [0.2, 0.25) is 0 Å². The summed E-state index contributed by atoms with van der Waals surface area (Å²) < 4.78 is 21.6. The van der Waals surface area contributed by atoms with Crippen molar-refractivity contribution in [2.45, 2.75) is 96.2 Å². The Bertz CT molecular complexity index is 646. The summed E-state index contributed by atoms with van der Waals surface area (Å²) in [5, 5.41) is 19.9. The van der Waals surface area contributed by atoms with Gasteiger partial charge < -0.3 is 28.6 Å². The fourth-order valence-corrected chi connectivity index (χ4v) is 3.91. The summed E-state index contributed by atoms with van der Waals surface area (Å²) in [4.78, 5) is 23.8. The highest BCUT2D eigenvalue weighted by Gasteiger charge is 2.25. The average molecular weight is 520 g/mol. The number of hydrogen-bond donors (Lipinski definition) is 2. The molecule has 0 amide bonds. The van der Waals surface area contributed by atoms with Gasteiger partial charge in [-0.3, -0.25) is 9.36 Å². The Kier molecular flexibility index (Phi) is 19.7. The van der Waals surface area contributed by atoms with E-state index in [4.69, 9.17) is 4.52 Å². The summed E-state index contributed by atoms with van der Waals surface area (Å²) in [6, 6.07) is 0. The maximum Gasteiger partial charge on any atom is 0.268 e. The van der Waals surface area contributed by atoms with E-state index in [1.807, 2.05) is 21.1 Å². The molecule has 0 radical (unpaired) electrons. The Morgan fingerprint density at radius 3 is 2.09 bits per heavy atom. The lowest BCUT2D eigenvalue weighted by Gasteiger charge is -2.28. The van der Waals surface area contributed by atoms with E-state index < -0.39 is 32.4 Å². The highest BCUT2D eigenvalue weighted by atomic mass is 31.2. The minimum absolute atomic E-state index is 0.0608. The number of carbonyl (C=O) groups excluding carboxylic acids is 1. The summed E-state index contributed by atoms with van der Waals surface area (Å²) in [6.45, 7) is 1.88. The van der Waals surface area contributed by atoms with Gasteiger partial charge in [0.1, 0.15) is 25.4 Å². The van der Waals surface area contributed by atoms with Gasteiger partial charge in [-0.25, -0.2) is 0 Å². The first kappa shape index (κ1) is 34.1. The number of carbonyl (C=O) groups is 1. The van der Waals surface area contributed by atoms with E-state index in [1.54, 1.807) is 0 Å². The van der Waals surface area contributed by atoms with Gasteiger partial charge in [0.05, 0.1) is 27.7 Å². The number of hydrogen-bond acceptors (Lipinski definition) is 7. The minimum atomic E-state index is -4.61. The number of unbranched alkanes of at least 4 members (excludes halogenated alkanes) is 8. The topological polar surface area (TPSA) is 116 Å². The molecular weight excluding hydrogens is 469 g/mol. The van der Waals surface area contributed by atoms with Gasteiger partial charge in [0.15, 0.2) is 5.78 Å². The standard InChI is InChI=1S/C26H50NO7P/c1-5-6-7-8-9-10-11-12-13-14-15-16-17-18-19-20-24(28)26(30)25(29)23-34-35(31,32)33-22-21-27(2,3)4/h9-10,12-13,25-26,29-30H,5-8,11,14-23H2,1-4H3/b10-9-,13-12-/t25-,26?/m0/s1. The largest absolute Gasteiger partial charge is 0.756 e. The number of ketones is 1. The SMILES string of the molecule is CCCCC/C=C\C/C=C\CCCCCCCC(=O)C(O)[C@@H](O)COP(=O)([O-])OCC[N+](C)(C)C. The molecule has 0 saturated carbocycles. The van der Waals surface area contributed by atoms with Crippen LogP contribution in [0.3, 0.4) is 0 Å². The molecule has 2 N–H and O–H groups in total. The van der Waals surface area contributed by atoms with Gasteiger partial charge in [-0.05, 0) is 38.5 Å². The lowest BCUT2D eigenvalue weighted by Crippen LogP contribution is -2.38. The maximum atomic E-state index is 12.1. The molecule has 0 heterocycles. The van der Waals surface area contributed by atoms with Crippen LogP contribution in [0.15, 0.2) is 24.3 Å². The molecule has 0 aliphatic heterocycles. The van der Waals surface area contributed by atoms with Crippen LogP contribution in [0, 0.1) is 0 Å². The number of phosphoric acid groups is 1. The molecule has 0 bridgehead atoms. The molecule has 0 aromatic rings. The van der Waals surface area contributed by atoms with Crippen LogP contribution in [0.2, 0.25) is 0 Å². The van der Waals surface area contributed by atoms with Crippen LogP contribution < -0.4 is 4.89 Å². The molecule has 0 rings (SSSR count). The Balaban J connectivity index is 3.83. The van der Waals surface area contributed by atoms with E-state index in [9.17, 15) is 24.5 Å². The molecule has 8 nitrogen and oxygen atoms in total. The van der Waals surface area contributed by atoms with Crippen LogP contribution in [-0.2, 0) is 18.4 Å². The smallest absolute Gasteiger partial charge is 0.268 e. The van der Waals surface area contributed by atoms with Gasteiger partial charge in [-0.15, -0.1) is 0 Å². The lowest BCUT2D eigenvalue weighted by molar-refractivity contribution is -0.870. The van der Waals surface area contributed by atoms with Crippen LogP contribution in [0.25, 0.3) is 0 Å². The van der Waals surface area contributed by atoms with Crippen molar-refractivity contribution in [2.24, 2.45) is 0 Å². The summed E-state index contributed by atoms with van der Waals surface area (Å²) in [7, 11) is 1.06. The number of nitrogens with zero attached hydrogens (tertiary/aromatic N) is 1. The van der Waals surface area contributed by atoms with Crippen molar-refractivity contribution in [2.75, 3.05) is 40.9 Å². The molecule has 206 valence electrons. The molecule has 0 aromatic carbocycles. The van der Waals surface area contributed by atoms with Crippen molar-refractivity contribution in [1.29, 1.82) is 0 Å². The first-order valence-electron chi connectivity index (χ1n) is 13.1. The number of Topliss-reactive ketones (excluding diaryl/α,β-unsaturated/α-hetero) is 1. The summed E-state index contributed by atoms with van der Waals surface area (Å²) in [5.74, 6) is -0.515. The quantitative estimate of drug-likeness (QED) is 0.0895. The second-order valence-electron chi connectivity index (χ2n) is 10.0. The Morgan fingerprint density at radius 1 is 0.914 bits per heavy atom. The molecule has 3 atom stereocenters. The Labute approximate surface area is 213 Å². The summed E-state index contributed by atoms with van der Waals surface area (Å²) in [6.07, 6.45) is 17.5. The van der Waals surface area contributed by atoms with E-state index in [-0.39, 0.29) is 13.0 Å². The van der Waals surface area contributed by atoms with E-state index in [2.05, 4.69) is 35.8 Å². The van der Waals surface area contributed by atoms with Crippen LogP contribution in [0.4, 0.5) is 0 Å². The second-order valence-corrected chi connectivity index (χ2v) is 11.5. The Morgan fingerprint density at radius 2 is 1.49 bits per heavy atom. The van der Waals surface area contributed by atoms with Crippen molar-refractivity contribution < 1.29 is 38.0 Å². The first-order valence-corrected chi connectivity index (χ1v) is 14.5. The van der Waals surface area contributed by atoms with Gasteiger partial charge in [0.25, 0.3) is 7.82 Å².